The lowest BCUT2D eigenvalue weighted by Gasteiger charge is -2.07. The fourth-order valence-electron chi connectivity index (χ4n) is 1.93. The molecule has 0 aliphatic carbocycles. The van der Waals surface area contributed by atoms with E-state index in [-0.39, 0.29) is 0 Å². The molecule has 2 rings (SSSR count). The van der Waals surface area contributed by atoms with E-state index < -0.39 is 0 Å². The largest absolute Gasteiger partial charge is 0.330 e. The molecule has 0 bridgehead atoms. The first kappa shape index (κ1) is 11.4. The molecule has 1 heterocycles. The van der Waals surface area contributed by atoms with Crippen molar-refractivity contribution in [2.45, 2.75) is 33.7 Å². The molecule has 0 atom stereocenters. The number of aromatic nitrogens is 2. The molecular weight excluding hydrogens is 216 g/mol. The quantitative estimate of drug-likeness (QED) is 0.794. The first-order chi connectivity index (χ1) is 7.59. The molecule has 0 fully saturated rings. The van der Waals surface area contributed by atoms with E-state index in [0.29, 0.717) is 5.92 Å². The Morgan fingerprint density at radius 2 is 2.12 bits per heavy atom. The number of aromatic amines is 1. The minimum absolute atomic E-state index is 0.705. The van der Waals surface area contributed by atoms with Crippen LogP contribution in [0.1, 0.15) is 25.8 Å². The van der Waals surface area contributed by atoms with Crippen molar-refractivity contribution in [1.29, 1.82) is 0 Å². The van der Waals surface area contributed by atoms with Crippen LogP contribution >= 0.6 is 12.2 Å². The second-order valence-electron chi connectivity index (χ2n) is 4.73. The fraction of sp³-hybridized carbons (Fsp3) is 0.462. The highest BCUT2D eigenvalue weighted by Gasteiger charge is 2.06. The van der Waals surface area contributed by atoms with Crippen molar-refractivity contribution in [3.63, 3.8) is 0 Å². The molecule has 0 unspecified atom stereocenters. The van der Waals surface area contributed by atoms with Crippen LogP contribution in [0.15, 0.2) is 18.2 Å². The number of fused-ring (bicyclic) bond motifs is 1. The summed E-state index contributed by atoms with van der Waals surface area (Å²) in [6.45, 7) is 7.59. The second-order valence-corrected chi connectivity index (χ2v) is 5.12. The summed E-state index contributed by atoms with van der Waals surface area (Å²) in [6.07, 6.45) is 1.16. The summed E-state index contributed by atoms with van der Waals surface area (Å²) in [4.78, 5) is 3.30. The van der Waals surface area contributed by atoms with E-state index in [2.05, 4.69) is 48.5 Å². The monoisotopic (exact) mass is 234 g/mol. The van der Waals surface area contributed by atoms with Gasteiger partial charge in [0.1, 0.15) is 0 Å². The van der Waals surface area contributed by atoms with E-state index >= 15 is 0 Å². The summed E-state index contributed by atoms with van der Waals surface area (Å²) in [5, 5.41) is 0. The lowest BCUT2D eigenvalue weighted by atomic mass is 10.1. The van der Waals surface area contributed by atoms with Gasteiger partial charge in [-0.15, -0.1) is 0 Å². The SMILES string of the molecule is Cc1cccc2c1[nH]c(=S)n2CCC(C)C. The van der Waals surface area contributed by atoms with Crippen LogP contribution in [0.4, 0.5) is 0 Å². The van der Waals surface area contributed by atoms with Gasteiger partial charge in [0.2, 0.25) is 0 Å². The minimum atomic E-state index is 0.705. The Labute approximate surface area is 101 Å². The van der Waals surface area contributed by atoms with Crippen LogP contribution in [0.5, 0.6) is 0 Å². The Balaban J connectivity index is 2.48. The van der Waals surface area contributed by atoms with E-state index in [1.807, 2.05) is 0 Å². The maximum atomic E-state index is 5.37. The maximum absolute atomic E-state index is 5.37. The molecule has 3 heteroatoms. The van der Waals surface area contributed by atoms with E-state index in [0.717, 1.165) is 17.7 Å². The Morgan fingerprint density at radius 1 is 1.38 bits per heavy atom. The van der Waals surface area contributed by atoms with Gasteiger partial charge in [0.25, 0.3) is 0 Å². The van der Waals surface area contributed by atoms with Crippen LogP contribution in [0.25, 0.3) is 11.0 Å². The molecule has 1 aromatic carbocycles. The van der Waals surface area contributed by atoms with Gasteiger partial charge in [-0.25, -0.2) is 0 Å². The molecule has 1 aromatic heterocycles. The van der Waals surface area contributed by atoms with Crippen LogP contribution < -0.4 is 0 Å². The van der Waals surface area contributed by atoms with Gasteiger partial charge in [-0.2, -0.15) is 0 Å². The molecule has 0 aliphatic heterocycles. The van der Waals surface area contributed by atoms with Gasteiger partial charge in [-0.3, -0.25) is 0 Å². The number of benzene rings is 1. The average Bonchev–Trinajstić information content (AvgIpc) is 2.53. The van der Waals surface area contributed by atoms with E-state index in [1.54, 1.807) is 0 Å². The number of nitrogens with zero attached hydrogens (tertiary/aromatic N) is 1. The molecule has 0 saturated carbocycles. The van der Waals surface area contributed by atoms with E-state index in [9.17, 15) is 0 Å². The minimum Gasteiger partial charge on any atom is -0.330 e. The van der Waals surface area contributed by atoms with E-state index in [4.69, 9.17) is 12.2 Å². The van der Waals surface area contributed by atoms with Gasteiger partial charge in [0.15, 0.2) is 4.77 Å². The summed E-state index contributed by atoms with van der Waals surface area (Å²) in [7, 11) is 0. The smallest absolute Gasteiger partial charge is 0.178 e. The highest BCUT2D eigenvalue weighted by molar-refractivity contribution is 7.71. The standard InChI is InChI=1S/C13H18N2S/c1-9(2)7-8-15-11-6-4-5-10(3)12(11)14-13(15)16/h4-6,9H,7-8H2,1-3H3,(H,14,16). The van der Waals surface area contributed by atoms with Crippen LogP contribution in [0.2, 0.25) is 0 Å². The van der Waals surface area contributed by atoms with Crippen LogP contribution in [-0.2, 0) is 6.54 Å². The van der Waals surface area contributed by atoms with Gasteiger partial charge in [-0.05, 0) is 43.1 Å². The molecule has 0 aliphatic rings. The molecule has 0 radical (unpaired) electrons. The number of para-hydroxylation sites is 1. The topological polar surface area (TPSA) is 20.7 Å². The zero-order valence-electron chi connectivity index (χ0n) is 10.1. The lowest BCUT2D eigenvalue weighted by molar-refractivity contribution is 0.520. The third-order valence-corrected chi connectivity index (χ3v) is 3.27. The summed E-state index contributed by atoms with van der Waals surface area (Å²) in [5.41, 5.74) is 3.66. The lowest BCUT2D eigenvalue weighted by Crippen LogP contribution is -2.01. The fourth-order valence-corrected chi connectivity index (χ4v) is 2.22. The molecule has 0 amide bonds. The van der Waals surface area contributed by atoms with Gasteiger partial charge in [0.05, 0.1) is 11.0 Å². The predicted molar refractivity (Wildman–Crippen MR) is 71.3 cm³/mol. The summed E-state index contributed by atoms with van der Waals surface area (Å²) in [6, 6.07) is 6.33. The maximum Gasteiger partial charge on any atom is 0.178 e. The van der Waals surface area contributed by atoms with Crippen molar-refractivity contribution >= 4 is 23.3 Å². The van der Waals surface area contributed by atoms with Crippen molar-refractivity contribution in [3.8, 4) is 0 Å². The third kappa shape index (κ3) is 2.05. The highest BCUT2D eigenvalue weighted by atomic mass is 32.1. The molecule has 2 nitrogen and oxygen atoms in total. The van der Waals surface area contributed by atoms with Crippen LogP contribution in [0, 0.1) is 17.6 Å². The van der Waals surface area contributed by atoms with E-state index in [1.165, 1.54) is 16.6 Å². The Morgan fingerprint density at radius 3 is 2.81 bits per heavy atom. The summed E-state index contributed by atoms with van der Waals surface area (Å²) >= 11 is 5.37. The number of imidazole rings is 1. The van der Waals surface area contributed by atoms with Crippen molar-refractivity contribution < 1.29 is 0 Å². The molecule has 0 saturated heterocycles. The number of rotatable bonds is 3. The van der Waals surface area contributed by atoms with Crippen molar-refractivity contribution in [2.24, 2.45) is 5.92 Å². The number of hydrogen-bond acceptors (Lipinski definition) is 1. The first-order valence-electron chi connectivity index (χ1n) is 5.77. The van der Waals surface area contributed by atoms with Crippen molar-refractivity contribution in [1.82, 2.24) is 9.55 Å². The Hall–Kier alpha value is -1.09. The number of nitrogens with one attached hydrogen (secondary N) is 1. The first-order valence-corrected chi connectivity index (χ1v) is 6.18. The summed E-state index contributed by atoms with van der Waals surface area (Å²) < 4.78 is 3.04. The molecule has 0 spiro atoms. The highest BCUT2D eigenvalue weighted by Crippen LogP contribution is 2.18. The van der Waals surface area contributed by atoms with Crippen LogP contribution in [0.3, 0.4) is 0 Å². The third-order valence-electron chi connectivity index (χ3n) is 2.95. The predicted octanol–water partition coefficient (Wildman–Crippen LogP) is 4.05. The zero-order chi connectivity index (χ0) is 11.7. The van der Waals surface area contributed by atoms with Crippen LogP contribution in [-0.4, -0.2) is 9.55 Å². The average molecular weight is 234 g/mol. The Kier molecular flexibility index (Phi) is 3.15. The molecule has 16 heavy (non-hydrogen) atoms. The molecule has 2 aromatic rings. The normalized spacial score (nSPS) is 11.5. The second kappa shape index (κ2) is 4.42. The molecular formula is C13H18N2S. The number of hydrogen-bond donors (Lipinski definition) is 1. The summed E-state index contributed by atoms with van der Waals surface area (Å²) in [5.74, 6) is 0.705. The number of H-pyrrole nitrogens is 1. The molecule has 86 valence electrons. The molecule has 1 N–H and O–H groups in total. The van der Waals surface area contributed by atoms with Gasteiger partial charge in [0, 0.05) is 6.54 Å². The van der Waals surface area contributed by atoms with Crippen molar-refractivity contribution in [2.75, 3.05) is 0 Å². The van der Waals surface area contributed by atoms with Gasteiger partial charge >= 0.3 is 0 Å². The Bertz CT molecular complexity index is 549. The van der Waals surface area contributed by atoms with Crippen molar-refractivity contribution in [3.05, 3.63) is 28.5 Å². The number of aryl methyl sites for hydroxylation is 2. The van der Waals surface area contributed by atoms with Gasteiger partial charge in [-0.1, -0.05) is 26.0 Å². The van der Waals surface area contributed by atoms with Gasteiger partial charge < -0.3 is 9.55 Å². The zero-order valence-corrected chi connectivity index (χ0v) is 10.9.